The quantitative estimate of drug-likeness (QED) is 0.870. The molecule has 1 rings (SSSR count). The number of nitriles is 1. The molecule has 0 aliphatic heterocycles. The van der Waals surface area contributed by atoms with Crippen LogP contribution in [0.15, 0.2) is 18.2 Å². The van der Waals surface area contributed by atoms with Crippen LogP contribution in [0.25, 0.3) is 0 Å². The highest BCUT2D eigenvalue weighted by atomic mass is 19.1. The molecule has 1 aromatic carbocycles. The fourth-order valence-corrected chi connectivity index (χ4v) is 1.66. The molecule has 112 valence electrons. The lowest BCUT2D eigenvalue weighted by atomic mass is 10.2. The summed E-state index contributed by atoms with van der Waals surface area (Å²) in [4.78, 5) is 24.2. The largest absolute Gasteiger partial charge is 0.481 e. The van der Waals surface area contributed by atoms with E-state index in [9.17, 15) is 14.0 Å². The number of rotatable bonds is 5. The Morgan fingerprint density at radius 2 is 2.19 bits per heavy atom. The minimum Gasteiger partial charge on any atom is -0.481 e. The van der Waals surface area contributed by atoms with Crippen LogP contribution in [-0.4, -0.2) is 35.1 Å². The number of hydrogen-bond donors (Lipinski definition) is 2. The highest BCUT2D eigenvalue weighted by molar-refractivity contribution is 5.89. The molecule has 0 saturated carbocycles. The first-order valence-corrected chi connectivity index (χ1v) is 6.37. The fourth-order valence-electron chi connectivity index (χ4n) is 1.66. The molecule has 0 saturated heterocycles. The molecule has 0 bridgehead atoms. The molecule has 1 aromatic rings. The van der Waals surface area contributed by atoms with Gasteiger partial charge in [-0.25, -0.2) is 9.18 Å². The number of halogens is 1. The number of urea groups is 1. The second-order valence-corrected chi connectivity index (χ2v) is 4.51. The van der Waals surface area contributed by atoms with Crippen LogP contribution in [0.4, 0.5) is 14.9 Å². The zero-order valence-electron chi connectivity index (χ0n) is 11.8. The van der Waals surface area contributed by atoms with Gasteiger partial charge in [0.05, 0.1) is 11.5 Å². The predicted octanol–water partition coefficient (Wildman–Crippen LogP) is 2.27. The zero-order valence-corrected chi connectivity index (χ0v) is 11.8. The molecule has 2 amide bonds. The summed E-state index contributed by atoms with van der Waals surface area (Å²) >= 11 is 0. The Bertz CT molecular complexity index is 583. The maximum Gasteiger partial charge on any atom is 0.321 e. The van der Waals surface area contributed by atoms with E-state index in [2.05, 4.69) is 5.32 Å². The molecular weight excluding hydrogens is 277 g/mol. The van der Waals surface area contributed by atoms with E-state index in [0.29, 0.717) is 6.54 Å². The lowest BCUT2D eigenvalue weighted by Gasteiger charge is -2.23. The summed E-state index contributed by atoms with van der Waals surface area (Å²) in [5.74, 6) is -2.35. The Morgan fingerprint density at radius 3 is 2.71 bits per heavy atom. The standard InChI is InChI=1S/C14H16FN3O3/c1-3-18(8-9(2)13(19)20)14(21)17-11-4-5-12(15)10(6-11)7-16/h4-6,9H,3,8H2,1-2H3,(H,17,21)(H,19,20). The van der Waals surface area contributed by atoms with Crippen molar-refractivity contribution in [3.05, 3.63) is 29.6 Å². The van der Waals surface area contributed by atoms with Crippen molar-refractivity contribution in [1.82, 2.24) is 4.90 Å². The summed E-state index contributed by atoms with van der Waals surface area (Å²) in [7, 11) is 0. The maximum atomic E-state index is 13.2. The number of hydrogen-bond acceptors (Lipinski definition) is 3. The Balaban J connectivity index is 2.79. The van der Waals surface area contributed by atoms with Crippen molar-refractivity contribution < 1.29 is 19.1 Å². The summed E-state index contributed by atoms with van der Waals surface area (Å²) in [6, 6.07) is 4.83. The van der Waals surface area contributed by atoms with Gasteiger partial charge in [-0.05, 0) is 25.1 Å². The van der Waals surface area contributed by atoms with Gasteiger partial charge < -0.3 is 15.3 Å². The van der Waals surface area contributed by atoms with Crippen LogP contribution in [0.5, 0.6) is 0 Å². The Kier molecular flexibility index (Phi) is 5.67. The summed E-state index contributed by atoms with van der Waals surface area (Å²) in [6.07, 6.45) is 0. The van der Waals surface area contributed by atoms with Crippen LogP contribution in [0.1, 0.15) is 19.4 Å². The van der Waals surface area contributed by atoms with Crippen LogP contribution >= 0.6 is 0 Å². The van der Waals surface area contributed by atoms with E-state index in [1.165, 1.54) is 24.0 Å². The normalized spacial score (nSPS) is 11.3. The van der Waals surface area contributed by atoms with E-state index in [1.807, 2.05) is 0 Å². The van der Waals surface area contributed by atoms with Gasteiger partial charge >= 0.3 is 12.0 Å². The van der Waals surface area contributed by atoms with Crippen LogP contribution in [0, 0.1) is 23.1 Å². The number of benzene rings is 1. The third kappa shape index (κ3) is 4.45. The second-order valence-electron chi connectivity index (χ2n) is 4.51. The summed E-state index contributed by atoms with van der Waals surface area (Å²) in [6.45, 7) is 3.61. The molecule has 7 heteroatoms. The molecule has 0 aliphatic rings. The van der Waals surface area contributed by atoms with E-state index in [-0.39, 0.29) is 17.8 Å². The number of carboxylic acid groups (broad SMARTS) is 1. The van der Waals surface area contributed by atoms with E-state index in [4.69, 9.17) is 10.4 Å². The average molecular weight is 293 g/mol. The minimum absolute atomic E-state index is 0.0595. The van der Waals surface area contributed by atoms with Gasteiger partial charge in [0.2, 0.25) is 0 Å². The lowest BCUT2D eigenvalue weighted by Crippen LogP contribution is -2.39. The zero-order chi connectivity index (χ0) is 16.0. The molecule has 1 unspecified atom stereocenters. The van der Waals surface area contributed by atoms with Crippen molar-refractivity contribution in [3.8, 4) is 6.07 Å². The number of carbonyl (C=O) groups is 2. The molecule has 21 heavy (non-hydrogen) atoms. The van der Waals surface area contributed by atoms with Crippen LogP contribution in [-0.2, 0) is 4.79 Å². The fraction of sp³-hybridized carbons (Fsp3) is 0.357. The molecule has 6 nitrogen and oxygen atoms in total. The second kappa shape index (κ2) is 7.24. The van der Waals surface area contributed by atoms with Gasteiger partial charge in [0.1, 0.15) is 11.9 Å². The van der Waals surface area contributed by atoms with Crippen molar-refractivity contribution in [1.29, 1.82) is 5.26 Å². The lowest BCUT2D eigenvalue weighted by molar-refractivity contribution is -0.141. The SMILES string of the molecule is CCN(CC(C)C(=O)O)C(=O)Nc1ccc(F)c(C#N)c1. The van der Waals surface area contributed by atoms with Gasteiger partial charge in [-0.1, -0.05) is 6.92 Å². The number of amides is 2. The van der Waals surface area contributed by atoms with Gasteiger partial charge in [0.25, 0.3) is 0 Å². The van der Waals surface area contributed by atoms with Crippen LogP contribution < -0.4 is 5.32 Å². The summed E-state index contributed by atoms with van der Waals surface area (Å²) in [5, 5.41) is 20.1. The number of anilines is 1. The van der Waals surface area contributed by atoms with E-state index < -0.39 is 23.7 Å². The van der Waals surface area contributed by atoms with Crippen LogP contribution in [0.3, 0.4) is 0 Å². The number of carbonyl (C=O) groups excluding carboxylic acids is 1. The topological polar surface area (TPSA) is 93.4 Å². The maximum absolute atomic E-state index is 13.2. The van der Waals surface area contributed by atoms with Crippen LogP contribution in [0.2, 0.25) is 0 Å². The average Bonchev–Trinajstić information content (AvgIpc) is 2.46. The summed E-state index contributed by atoms with van der Waals surface area (Å²) in [5.41, 5.74) is 0.106. The van der Waals surface area contributed by atoms with E-state index in [0.717, 1.165) is 6.07 Å². The van der Waals surface area contributed by atoms with Crippen molar-refractivity contribution >= 4 is 17.7 Å². The molecule has 0 aromatic heterocycles. The minimum atomic E-state index is -0.991. The number of aliphatic carboxylic acids is 1. The molecule has 0 fully saturated rings. The Labute approximate surface area is 121 Å². The van der Waals surface area contributed by atoms with E-state index >= 15 is 0 Å². The first-order chi connectivity index (χ1) is 9.88. The third-order valence-electron chi connectivity index (χ3n) is 2.92. The molecule has 1 atom stereocenters. The Hall–Kier alpha value is -2.62. The van der Waals surface area contributed by atoms with Crippen molar-refractivity contribution in [2.75, 3.05) is 18.4 Å². The molecule has 2 N–H and O–H groups in total. The first kappa shape index (κ1) is 16.4. The third-order valence-corrected chi connectivity index (χ3v) is 2.92. The highest BCUT2D eigenvalue weighted by Crippen LogP contribution is 2.14. The smallest absolute Gasteiger partial charge is 0.321 e. The molecule has 0 heterocycles. The molecule has 0 radical (unpaired) electrons. The number of carboxylic acids is 1. The monoisotopic (exact) mass is 293 g/mol. The highest BCUT2D eigenvalue weighted by Gasteiger charge is 2.19. The molecular formula is C14H16FN3O3. The first-order valence-electron chi connectivity index (χ1n) is 6.37. The molecule has 0 aliphatic carbocycles. The van der Waals surface area contributed by atoms with Gasteiger partial charge in [-0.2, -0.15) is 5.26 Å². The van der Waals surface area contributed by atoms with Crippen molar-refractivity contribution in [3.63, 3.8) is 0 Å². The van der Waals surface area contributed by atoms with E-state index in [1.54, 1.807) is 13.0 Å². The van der Waals surface area contributed by atoms with Crippen molar-refractivity contribution in [2.45, 2.75) is 13.8 Å². The van der Waals surface area contributed by atoms with Gasteiger partial charge in [-0.15, -0.1) is 0 Å². The Morgan fingerprint density at radius 1 is 1.52 bits per heavy atom. The van der Waals surface area contributed by atoms with Crippen molar-refractivity contribution in [2.24, 2.45) is 5.92 Å². The van der Waals surface area contributed by atoms with Gasteiger partial charge in [-0.3, -0.25) is 4.79 Å². The van der Waals surface area contributed by atoms with Gasteiger partial charge in [0.15, 0.2) is 0 Å². The van der Waals surface area contributed by atoms with Gasteiger partial charge in [0, 0.05) is 18.8 Å². The predicted molar refractivity (Wildman–Crippen MR) is 74.2 cm³/mol. The number of nitrogens with zero attached hydrogens (tertiary/aromatic N) is 2. The summed E-state index contributed by atoms with van der Waals surface area (Å²) < 4.78 is 13.2. The molecule has 0 spiro atoms. The number of nitrogens with one attached hydrogen (secondary N) is 1.